The average molecular weight is 398 g/mol. The summed E-state index contributed by atoms with van der Waals surface area (Å²) in [4.78, 5) is 8.12. The van der Waals surface area contributed by atoms with Gasteiger partial charge in [-0.3, -0.25) is 4.99 Å². The van der Waals surface area contributed by atoms with Crippen LogP contribution >= 0.6 is 11.3 Å². The molecule has 1 unspecified atom stereocenters. The maximum atomic E-state index is 12.6. The summed E-state index contributed by atoms with van der Waals surface area (Å²) >= 11 is 1.01. The fraction of sp³-hybridized carbons (Fsp3) is 0.444. The fourth-order valence-corrected chi connectivity index (χ4v) is 3.59. The number of hydrogen-bond acceptors (Lipinski definition) is 4. The summed E-state index contributed by atoms with van der Waals surface area (Å²) in [5.74, 6) is 1.49. The van der Waals surface area contributed by atoms with Gasteiger partial charge in [0.2, 0.25) is 0 Å². The van der Waals surface area contributed by atoms with Gasteiger partial charge in [0.25, 0.3) is 0 Å². The summed E-state index contributed by atoms with van der Waals surface area (Å²) < 4.78 is 43.5. The molecule has 0 aliphatic carbocycles. The van der Waals surface area contributed by atoms with Crippen LogP contribution in [0.5, 0.6) is 5.75 Å². The zero-order valence-electron chi connectivity index (χ0n) is 14.8. The molecule has 0 saturated carbocycles. The third-order valence-corrected chi connectivity index (χ3v) is 4.96. The molecule has 0 saturated heterocycles. The van der Waals surface area contributed by atoms with E-state index in [2.05, 4.69) is 20.6 Å². The first kappa shape index (κ1) is 19.5. The lowest BCUT2D eigenvalue weighted by Crippen LogP contribution is -2.41. The van der Waals surface area contributed by atoms with Crippen molar-refractivity contribution >= 4 is 17.3 Å². The number of guanidine groups is 1. The molecule has 1 aliphatic heterocycles. The van der Waals surface area contributed by atoms with E-state index in [1.165, 1.54) is 0 Å². The molecule has 0 amide bonds. The topological polar surface area (TPSA) is 58.5 Å². The zero-order valence-corrected chi connectivity index (χ0v) is 15.7. The average Bonchev–Trinajstić information content (AvgIpc) is 3.11. The van der Waals surface area contributed by atoms with Crippen LogP contribution in [-0.4, -0.2) is 30.6 Å². The van der Waals surface area contributed by atoms with E-state index in [4.69, 9.17) is 4.74 Å². The highest BCUT2D eigenvalue weighted by Crippen LogP contribution is 2.31. The Morgan fingerprint density at radius 3 is 2.93 bits per heavy atom. The van der Waals surface area contributed by atoms with Gasteiger partial charge in [-0.25, -0.2) is 4.98 Å². The van der Waals surface area contributed by atoms with E-state index in [1.54, 1.807) is 0 Å². The summed E-state index contributed by atoms with van der Waals surface area (Å²) in [5, 5.41) is 8.04. The number of rotatable bonds is 5. The number of aliphatic imine (C=N–C) groups is 1. The first-order valence-electron chi connectivity index (χ1n) is 8.75. The maximum absolute atomic E-state index is 12.6. The van der Waals surface area contributed by atoms with Crippen LogP contribution in [0.25, 0.3) is 0 Å². The molecule has 3 rings (SSSR count). The second-order valence-electron chi connectivity index (χ2n) is 6.01. The van der Waals surface area contributed by atoms with Gasteiger partial charge in [0, 0.05) is 36.9 Å². The molecule has 0 spiro atoms. The predicted octanol–water partition coefficient (Wildman–Crippen LogP) is 3.78. The quantitative estimate of drug-likeness (QED) is 0.594. The van der Waals surface area contributed by atoms with E-state index >= 15 is 0 Å². The smallest absolute Gasteiger partial charge is 0.434 e. The van der Waals surface area contributed by atoms with Crippen LogP contribution < -0.4 is 15.4 Å². The summed E-state index contributed by atoms with van der Waals surface area (Å²) in [7, 11) is 0. The third-order valence-electron chi connectivity index (χ3n) is 4.05. The van der Waals surface area contributed by atoms with Gasteiger partial charge in [-0.05, 0) is 13.0 Å². The van der Waals surface area contributed by atoms with Crippen molar-refractivity contribution in [1.82, 2.24) is 15.6 Å². The molecule has 0 radical (unpaired) electrons. The molecule has 1 aromatic carbocycles. The van der Waals surface area contributed by atoms with Crippen molar-refractivity contribution in [2.75, 3.05) is 19.7 Å². The van der Waals surface area contributed by atoms with Gasteiger partial charge in [0.1, 0.15) is 5.75 Å². The number of thiazole rings is 1. The van der Waals surface area contributed by atoms with E-state index in [0.29, 0.717) is 37.1 Å². The van der Waals surface area contributed by atoms with E-state index in [0.717, 1.165) is 34.5 Å². The Labute approximate surface area is 159 Å². The monoisotopic (exact) mass is 398 g/mol. The van der Waals surface area contributed by atoms with Crippen molar-refractivity contribution < 1.29 is 17.9 Å². The lowest BCUT2D eigenvalue weighted by Gasteiger charge is -2.28. The zero-order chi connectivity index (χ0) is 19.3. The molecule has 0 fully saturated rings. The number of ether oxygens (including phenoxy) is 1. The second-order valence-corrected chi connectivity index (χ2v) is 6.95. The molecule has 0 bridgehead atoms. The highest BCUT2D eigenvalue weighted by atomic mass is 32.1. The van der Waals surface area contributed by atoms with Gasteiger partial charge in [0.05, 0.1) is 17.7 Å². The first-order chi connectivity index (χ1) is 13.0. The molecule has 146 valence electrons. The number of hydrogen-bond donors (Lipinski definition) is 2. The van der Waals surface area contributed by atoms with Crippen molar-refractivity contribution in [1.29, 1.82) is 0 Å². The van der Waals surface area contributed by atoms with Gasteiger partial charge in [-0.1, -0.05) is 18.2 Å². The first-order valence-corrected chi connectivity index (χ1v) is 9.63. The Morgan fingerprint density at radius 2 is 2.19 bits per heavy atom. The minimum Gasteiger partial charge on any atom is -0.493 e. The van der Waals surface area contributed by atoms with Crippen molar-refractivity contribution in [2.24, 2.45) is 4.99 Å². The summed E-state index contributed by atoms with van der Waals surface area (Å²) in [6, 6.07) is 7.93. The normalized spacial score (nSPS) is 17.2. The fourth-order valence-electron chi connectivity index (χ4n) is 2.80. The van der Waals surface area contributed by atoms with Gasteiger partial charge in [0.15, 0.2) is 11.7 Å². The van der Waals surface area contributed by atoms with E-state index in [9.17, 15) is 13.2 Å². The molecular weight excluding hydrogens is 377 g/mol. The standard InChI is InChI=1S/C18H21F3N4OS/c1-2-22-17(23-9-7-16-25-15(11-27-16)18(19,20)21)24-13-8-10-26-14-6-4-3-5-12(13)14/h3-6,11,13H,2,7-10H2,1H3,(H2,22,23,24). The van der Waals surface area contributed by atoms with Crippen molar-refractivity contribution in [3.8, 4) is 5.75 Å². The number of alkyl halides is 3. The second kappa shape index (κ2) is 8.60. The van der Waals surface area contributed by atoms with Crippen LogP contribution in [0.3, 0.4) is 0 Å². The Bertz CT molecular complexity index is 791. The van der Waals surface area contributed by atoms with Crippen molar-refractivity contribution in [3.05, 3.63) is 45.9 Å². The lowest BCUT2D eigenvalue weighted by atomic mass is 10.0. The molecule has 2 aromatic rings. The minimum atomic E-state index is -4.40. The molecule has 2 heterocycles. The molecule has 1 aliphatic rings. The number of aromatic nitrogens is 1. The SMILES string of the molecule is CCNC(=NCCc1nc(C(F)(F)F)cs1)NC1CCOc2ccccc21. The van der Waals surface area contributed by atoms with Crippen molar-refractivity contribution in [3.63, 3.8) is 0 Å². The molecule has 27 heavy (non-hydrogen) atoms. The number of fused-ring (bicyclic) bond motifs is 1. The number of nitrogens with one attached hydrogen (secondary N) is 2. The Balaban J connectivity index is 1.63. The van der Waals surface area contributed by atoms with Crippen LogP contribution in [-0.2, 0) is 12.6 Å². The van der Waals surface area contributed by atoms with Crippen LogP contribution in [0.15, 0.2) is 34.6 Å². The number of para-hydroxylation sites is 1. The van der Waals surface area contributed by atoms with Gasteiger partial charge >= 0.3 is 6.18 Å². The van der Waals surface area contributed by atoms with E-state index in [-0.39, 0.29) is 6.04 Å². The Morgan fingerprint density at radius 1 is 1.37 bits per heavy atom. The van der Waals surface area contributed by atoms with Gasteiger partial charge in [-0.15, -0.1) is 11.3 Å². The number of benzene rings is 1. The van der Waals surface area contributed by atoms with Crippen LogP contribution in [0.2, 0.25) is 0 Å². The molecule has 1 atom stereocenters. The predicted molar refractivity (Wildman–Crippen MR) is 99.2 cm³/mol. The van der Waals surface area contributed by atoms with Crippen LogP contribution in [0.4, 0.5) is 13.2 Å². The minimum absolute atomic E-state index is 0.0736. The van der Waals surface area contributed by atoms with Crippen molar-refractivity contribution in [2.45, 2.75) is 32.0 Å². The van der Waals surface area contributed by atoms with Gasteiger partial charge in [-0.2, -0.15) is 13.2 Å². The molecule has 1 aromatic heterocycles. The highest BCUT2D eigenvalue weighted by Gasteiger charge is 2.33. The summed E-state index contributed by atoms with van der Waals surface area (Å²) in [5.41, 5.74) is 0.236. The number of nitrogens with zero attached hydrogens (tertiary/aromatic N) is 2. The van der Waals surface area contributed by atoms with E-state index in [1.807, 2.05) is 31.2 Å². The summed E-state index contributed by atoms with van der Waals surface area (Å²) in [6.45, 7) is 3.62. The summed E-state index contributed by atoms with van der Waals surface area (Å²) in [6.07, 6.45) is -3.23. The van der Waals surface area contributed by atoms with Crippen LogP contribution in [0, 0.1) is 0 Å². The Kier molecular flexibility index (Phi) is 6.20. The van der Waals surface area contributed by atoms with Crippen LogP contribution in [0.1, 0.15) is 35.7 Å². The maximum Gasteiger partial charge on any atom is 0.434 e. The molecule has 2 N–H and O–H groups in total. The number of halogens is 3. The third kappa shape index (κ3) is 5.12. The largest absolute Gasteiger partial charge is 0.493 e. The Hall–Kier alpha value is -2.29. The van der Waals surface area contributed by atoms with Gasteiger partial charge < -0.3 is 15.4 Å². The van der Waals surface area contributed by atoms with E-state index < -0.39 is 11.9 Å². The lowest BCUT2D eigenvalue weighted by molar-refractivity contribution is -0.140. The molecule has 9 heteroatoms. The highest BCUT2D eigenvalue weighted by molar-refractivity contribution is 7.09. The molecular formula is C18H21F3N4OS. The molecule has 5 nitrogen and oxygen atoms in total.